The first kappa shape index (κ1) is 18.6. The van der Waals surface area contributed by atoms with Crippen LogP contribution >= 0.6 is 0 Å². The topological polar surface area (TPSA) is 84.9 Å². The molecule has 0 saturated carbocycles. The number of halogens is 3. The Labute approximate surface area is 130 Å². The average molecular weight is 335 g/mol. The van der Waals surface area contributed by atoms with Crippen LogP contribution in [0.3, 0.4) is 0 Å². The monoisotopic (exact) mass is 335 g/mol. The van der Waals surface area contributed by atoms with E-state index in [0.29, 0.717) is 6.42 Å². The van der Waals surface area contributed by atoms with Crippen LogP contribution in [0.1, 0.15) is 31.4 Å². The van der Waals surface area contributed by atoms with Crippen LogP contribution in [0.2, 0.25) is 0 Å². The van der Waals surface area contributed by atoms with Gasteiger partial charge >= 0.3 is 18.4 Å². The molecule has 0 spiro atoms. The van der Waals surface area contributed by atoms with Crippen LogP contribution in [0, 0.1) is 0 Å². The van der Waals surface area contributed by atoms with Crippen LogP contribution in [0.4, 0.5) is 18.0 Å². The number of unbranched alkanes of at least 4 members (excludes halogenated alkanes) is 1. The molecule has 1 atom stereocenters. The van der Waals surface area contributed by atoms with Crippen LogP contribution < -0.4 is 10.1 Å². The molecule has 0 bridgehead atoms. The summed E-state index contributed by atoms with van der Waals surface area (Å²) in [5, 5.41) is 11.2. The minimum absolute atomic E-state index is 0.0771. The maximum atomic E-state index is 12.2. The molecule has 0 aromatic heterocycles. The van der Waals surface area contributed by atoms with Crippen LogP contribution in [0.5, 0.6) is 5.75 Å². The zero-order valence-corrected chi connectivity index (χ0v) is 12.2. The smallest absolute Gasteiger partial charge is 0.479 e. The van der Waals surface area contributed by atoms with Gasteiger partial charge in [-0.2, -0.15) is 0 Å². The Morgan fingerprint density at radius 3 is 2.61 bits per heavy atom. The molecule has 128 valence electrons. The van der Waals surface area contributed by atoms with Crippen molar-refractivity contribution in [2.45, 2.75) is 32.2 Å². The lowest BCUT2D eigenvalue weighted by Crippen LogP contribution is -2.34. The van der Waals surface area contributed by atoms with Gasteiger partial charge in [0.1, 0.15) is 5.75 Å². The molecule has 9 heteroatoms. The van der Waals surface area contributed by atoms with Gasteiger partial charge in [0.25, 0.3) is 0 Å². The highest BCUT2D eigenvalue weighted by atomic mass is 19.4. The molecular weight excluding hydrogens is 319 g/mol. The summed E-state index contributed by atoms with van der Waals surface area (Å²) in [6.45, 7) is 2.00. The highest BCUT2D eigenvalue weighted by Crippen LogP contribution is 2.25. The Balaban J connectivity index is 2.83. The predicted octanol–water partition coefficient (Wildman–Crippen LogP) is 3.24. The fourth-order valence-corrected chi connectivity index (χ4v) is 1.65. The van der Waals surface area contributed by atoms with E-state index >= 15 is 0 Å². The van der Waals surface area contributed by atoms with Crippen LogP contribution in [-0.2, 0) is 9.53 Å². The van der Waals surface area contributed by atoms with E-state index in [1.54, 1.807) is 0 Å². The summed E-state index contributed by atoms with van der Waals surface area (Å²) in [5.74, 6) is -2.02. The first-order chi connectivity index (χ1) is 10.7. The zero-order valence-electron chi connectivity index (χ0n) is 12.2. The van der Waals surface area contributed by atoms with Crippen LogP contribution in [0.25, 0.3) is 0 Å². The lowest BCUT2D eigenvalue weighted by atomic mass is 10.1. The number of carboxylic acid groups (broad SMARTS) is 1. The summed E-state index contributed by atoms with van der Waals surface area (Å²) >= 11 is 0. The number of rotatable bonds is 7. The van der Waals surface area contributed by atoms with Crippen LogP contribution in [0.15, 0.2) is 24.3 Å². The van der Waals surface area contributed by atoms with E-state index in [-0.39, 0.29) is 12.2 Å². The van der Waals surface area contributed by atoms with Gasteiger partial charge in [0.2, 0.25) is 0 Å². The van der Waals surface area contributed by atoms with E-state index in [9.17, 15) is 22.8 Å². The Bertz CT molecular complexity index is 547. The van der Waals surface area contributed by atoms with Crippen molar-refractivity contribution in [1.29, 1.82) is 0 Å². The van der Waals surface area contributed by atoms with Gasteiger partial charge in [-0.1, -0.05) is 25.5 Å². The second-order valence-corrected chi connectivity index (χ2v) is 4.53. The first-order valence-corrected chi connectivity index (χ1v) is 6.74. The van der Waals surface area contributed by atoms with Gasteiger partial charge in [-0.05, 0) is 24.1 Å². The van der Waals surface area contributed by atoms with Gasteiger partial charge in [0, 0.05) is 0 Å². The van der Waals surface area contributed by atoms with Gasteiger partial charge < -0.3 is 19.9 Å². The first-order valence-electron chi connectivity index (χ1n) is 6.74. The highest BCUT2D eigenvalue weighted by Gasteiger charge is 2.31. The molecule has 6 nitrogen and oxygen atoms in total. The Morgan fingerprint density at radius 2 is 2.04 bits per heavy atom. The second-order valence-electron chi connectivity index (χ2n) is 4.53. The standard InChI is InChI=1S/C14H16F3NO5/c1-2-3-7-22-13(21)18-11(12(19)20)9-5-4-6-10(8-9)23-14(15,16)17/h4-6,8,11H,2-3,7H2,1H3,(H,18,21)(H,19,20). The Morgan fingerprint density at radius 1 is 1.35 bits per heavy atom. The van der Waals surface area contributed by atoms with E-state index in [0.717, 1.165) is 18.6 Å². The number of carbonyl (C=O) groups is 2. The van der Waals surface area contributed by atoms with E-state index in [4.69, 9.17) is 9.84 Å². The fraction of sp³-hybridized carbons (Fsp3) is 0.429. The average Bonchev–Trinajstić information content (AvgIpc) is 2.43. The number of carbonyl (C=O) groups excluding carboxylic acids is 1. The maximum Gasteiger partial charge on any atom is 0.573 e. The lowest BCUT2D eigenvalue weighted by Gasteiger charge is -2.16. The minimum atomic E-state index is -4.90. The summed E-state index contributed by atoms with van der Waals surface area (Å²) in [6, 6.07) is 2.81. The van der Waals surface area contributed by atoms with Crippen molar-refractivity contribution in [2.24, 2.45) is 0 Å². The van der Waals surface area contributed by atoms with Crippen LogP contribution in [-0.4, -0.2) is 30.1 Å². The molecule has 1 aromatic carbocycles. The molecule has 1 rings (SSSR count). The van der Waals surface area contributed by atoms with Crippen molar-refractivity contribution in [3.05, 3.63) is 29.8 Å². The molecule has 1 aromatic rings. The van der Waals surface area contributed by atoms with Gasteiger partial charge in [0.15, 0.2) is 6.04 Å². The SMILES string of the molecule is CCCCOC(=O)NC(C(=O)O)c1cccc(OC(F)(F)F)c1. The largest absolute Gasteiger partial charge is 0.573 e. The van der Waals surface area contributed by atoms with Crippen molar-refractivity contribution in [1.82, 2.24) is 5.32 Å². The second kappa shape index (κ2) is 8.25. The number of benzene rings is 1. The number of carboxylic acids is 1. The third-order valence-electron chi connectivity index (χ3n) is 2.67. The minimum Gasteiger partial charge on any atom is -0.479 e. The van der Waals surface area contributed by atoms with Gasteiger partial charge in [-0.3, -0.25) is 0 Å². The number of hydrogen-bond donors (Lipinski definition) is 2. The molecule has 0 aliphatic rings. The maximum absolute atomic E-state index is 12.2. The molecule has 2 N–H and O–H groups in total. The molecule has 23 heavy (non-hydrogen) atoms. The normalized spacial score (nSPS) is 12.3. The highest BCUT2D eigenvalue weighted by molar-refractivity contribution is 5.81. The molecule has 0 heterocycles. The lowest BCUT2D eigenvalue weighted by molar-refractivity contribution is -0.274. The summed E-state index contributed by atoms with van der Waals surface area (Å²) in [7, 11) is 0. The van der Waals surface area contributed by atoms with Gasteiger partial charge in [-0.15, -0.1) is 13.2 Å². The van der Waals surface area contributed by atoms with E-state index < -0.39 is 30.2 Å². The van der Waals surface area contributed by atoms with Crippen molar-refractivity contribution in [3.8, 4) is 5.75 Å². The molecule has 1 unspecified atom stereocenters. The number of alkyl carbamates (subject to hydrolysis) is 1. The number of amides is 1. The van der Waals surface area contributed by atoms with E-state index in [1.807, 2.05) is 6.92 Å². The molecule has 0 aliphatic heterocycles. The molecule has 0 radical (unpaired) electrons. The Hall–Kier alpha value is -2.45. The summed E-state index contributed by atoms with van der Waals surface area (Å²) in [5.41, 5.74) is -0.0771. The quantitative estimate of drug-likeness (QED) is 0.747. The van der Waals surface area contributed by atoms with E-state index in [2.05, 4.69) is 10.1 Å². The molecule has 0 aliphatic carbocycles. The summed E-state index contributed by atoms with van der Waals surface area (Å²) in [6.07, 6.45) is -4.47. The van der Waals surface area contributed by atoms with Gasteiger partial charge in [0.05, 0.1) is 6.61 Å². The number of aliphatic carboxylic acids is 1. The predicted molar refractivity (Wildman–Crippen MR) is 72.9 cm³/mol. The molecular formula is C14H16F3NO5. The number of hydrogen-bond acceptors (Lipinski definition) is 4. The van der Waals surface area contributed by atoms with Gasteiger partial charge in [-0.25, -0.2) is 9.59 Å². The van der Waals surface area contributed by atoms with E-state index in [1.165, 1.54) is 12.1 Å². The Kier molecular flexibility index (Phi) is 6.67. The summed E-state index contributed by atoms with van der Waals surface area (Å²) < 4.78 is 45.1. The van der Waals surface area contributed by atoms with Crippen molar-refractivity contribution < 1.29 is 37.3 Å². The summed E-state index contributed by atoms with van der Waals surface area (Å²) in [4.78, 5) is 22.7. The molecule has 1 amide bonds. The molecule has 0 fully saturated rings. The number of alkyl halides is 3. The third-order valence-corrected chi connectivity index (χ3v) is 2.67. The zero-order chi connectivity index (χ0) is 17.5. The molecule has 0 saturated heterocycles. The van der Waals surface area contributed by atoms with Crippen molar-refractivity contribution >= 4 is 12.1 Å². The number of nitrogens with one attached hydrogen (secondary N) is 1. The number of ether oxygens (including phenoxy) is 2. The van der Waals surface area contributed by atoms with Crippen molar-refractivity contribution in [2.75, 3.05) is 6.61 Å². The van der Waals surface area contributed by atoms with Crippen molar-refractivity contribution in [3.63, 3.8) is 0 Å². The fourth-order valence-electron chi connectivity index (χ4n) is 1.65. The third kappa shape index (κ3) is 6.90.